The van der Waals surface area contributed by atoms with Crippen LogP contribution in [0, 0.1) is 0 Å². The van der Waals surface area contributed by atoms with Gasteiger partial charge in [0, 0.05) is 31.5 Å². The summed E-state index contributed by atoms with van der Waals surface area (Å²) in [5, 5.41) is 0.716. The number of nitrogens with two attached hydrogens (primary N) is 1. The molecule has 1 aliphatic rings. The van der Waals surface area contributed by atoms with Crippen LogP contribution in [-0.4, -0.2) is 24.1 Å². The molecule has 0 aliphatic carbocycles. The number of aromatic nitrogens is 1. The van der Waals surface area contributed by atoms with Crippen LogP contribution in [0.1, 0.15) is 12.8 Å². The van der Waals surface area contributed by atoms with Gasteiger partial charge in [-0.05, 0) is 18.9 Å². The third-order valence-corrected chi connectivity index (χ3v) is 3.00. The van der Waals surface area contributed by atoms with Crippen molar-refractivity contribution in [3.63, 3.8) is 0 Å². The topological polar surface area (TPSA) is 42.1 Å². The average molecular weight is 212 g/mol. The second-order valence-electron chi connectivity index (χ2n) is 3.55. The Balaban J connectivity index is 2.26. The van der Waals surface area contributed by atoms with Crippen molar-refractivity contribution in [2.45, 2.75) is 18.9 Å². The fourth-order valence-corrected chi connectivity index (χ4v) is 2.23. The molecule has 0 bridgehead atoms. The molecule has 1 atom stereocenters. The highest BCUT2D eigenvalue weighted by Gasteiger charge is 2.24. The molecule has 0 aromatic carbocycles. The van der Waals surface area contributed by atoms with Gasteiger partial charge in [0.15, 0.2) is 0 Å². The van der Waals surface area contributed by atoms with Crippen LogP contribution in [0.2, 0.25) is 5.02 Å². The molecule has 1 saturated heterocycles. The number of pyridine rings is 1. The Hall–Kier alpha value is -0.800. The Bertz CT molecular complexity index is 316. The molecule has 0 saturated carbocycles. The first-order valence-electron chi connectivity index (χ1n) is 4.89. The molecule has 4 heteroatoms. The van der Waals surface area contributed by atoms with Crippen molar-refractivity contribution >= 4 is 17.3 Å². The van der Waals surface area contributed by atoms with Crippen LogP contribution in [0.4, 0.5) is 5.69 Å². The third-order valence-electron chi connectivity index (χ3n) is 2.71. The smallest absolute Gasteiger partial charge is 0.0822 e. The third kappa shape index (κ3) is 1.70. The normalized spacial score (nSPS) is 21.6. The van der Waals surface area contributed by atoms with E-state index in [0.29, 0.717) is 17.6 Å². The van der Waals surface area contributed by atoms with E-state index < -0.39 is 0 Å². The maximum atomic E-state index is 6.08. The maximum Gasteiger partial charge on any atom is 0.0822 e. The van der Waals surface area contributed by atoms with Crippen molar-refractivity contribution in [3.8, 4) is 0 Å². The number of nitrogens with zero attached hydrogens (tertiary/aromatic N) is 2. The number of anilines is 1. The van der Waals surface area contributed by atoms with E-state index in [2.05, 4.69) is 9.88 Å². The molecule has 1 aromatic heterocycles. The first-order chi connectivity index (χ1) is 6.83. The highest BCUT2D eigenvalue weighted by molar-refractivity contribution is 6.33. The van der Waals surface area contributed by atoms with Gasteiger partial charge in [-0.15, -0.1) is 0 Å². The number of hydrogen-bond donors (Lipinski definition) is 1. The van der Waals surface area contributed by atoms with E-state index in [-0.39, 0.29) is 0 Å². The summed E-state index contributed by atoms with van der Waals surface area (Å²) in [6, 6.07) is 2.39. The number of rotatable bonds is 2. The first-order valence-corrected chi connectivity index (χ1v) is 5.27. The summed E-state index contributed by atoms with van der Waals surface area (Å²) < 4.78 is 0. The maximum absolute atomic E-state index is 6.08. The molecule has 14 heavy (non-hydrogen) atoms. The molecule has 2 N–H and O–H groups in total. The van der Waals surface area contributed by atoms with Crippen molar-refractivity contribution in [2.75, 3.05) is 18.0 Å². The van der Waals surface area contributed by atoms with Crippen LogP contribution < -0.4 is 10.6 Å². The summed E-state index contributed by atoms with van der Waals surface area (Å²) in [4.78, 5) is 6.26. The van der Waals surface area contributed by atoms with E-state index in [1.807, 2.05) is 6.07 Å². The lowest BCUT2D eigenvalue weighted by molar-refractivity contribution is 0.677. The zero-order valence-electron chi connectivity index (χ0n) is 7.99. The summed E-state index contributed by atoms with van der Waals surface area (Å²) in [5.41, 5.74) is 6.78. The second kappa shape index (κ2) is 4.15. The van der Waals surface area contributed by atoms with Crippen LogP contribution in [0.3, 0.4) is 0 Å². The number of halogens is 1. The van der Waals surface area contributed by atoms with E-state index in [4.69, 9.17) is 17.3 Å². The van der Waals surface area contributed by atoms with Crippen LogP contribution >= 0.6 is 11.6 Å². The minimum absolute atomic E-state index is 0.440. The van der Waals surface area contributed by atoms with Gasteiger partial charge in [0.1, 0.15) is 0 Å². The van der Waals surface area contributed by atoms with Gasteiger partial charge < -0.3 is 10.6 Å². The molecular weight excluding hydrogens is 198 g/mol. The second-order valence-corrected chi connectivity index (χ2v) is 3.96. The van der Waals surface area contributed by atoms with Crippen molar-refractivity contribution < 1.29 is 0 Å². The molecule has 0 amide bonds. The summed E-state index contributed by atoms with van der Waals surface area (Å²) in [5.74, 6) is 0. The molecule has 0 radical (unpaired) electrons. The van der Waals surface area contributed by atoms with E-state index in [1.54, 1.807) is 12.4 Å². The van der Waals surface area contributed by atoms with Crippen LogP contribution in [-0.2, 0) is 0 Å². The molecule has 2 rings (SSSR count). The molecule has 1 aliphatic heterocycles. The van der Waals surface area contributed by atoms with Gasteiger partial charge in [0.2, 0.25) is 0 Å². The summed E-state index contributed by atoms with van der Waals surface area (Å²) >= 11 is 6.08. The predicted molar refractivity (Wildman–Crippen MR) is 58.7 cm³/mol. The molecule has 1 fully saturated rings. The first kappa shape index (κ1) is 9.74. The lowest BCUT2D eigenvalue weighted by Gasteiger charge is -2.26. The summed E-state index contributed by atoms with van der Waals surface area (Å²) in [6.07, 6.45) is 5.81. The van der Waals surface area contributed by atoms with E-state index in [1.165, 1.54) is 6.42 Å². The van der Waals surface area contributed by atoms with Gasteiger partial charge in [0.25, 0.3) is 0 Å². The zero-order chi connectivity index (χ0) is 9.97. The lowest BCUT2D eigenvalue weighted by atomic mass is 10.2. The van der Waals surface area contributed by atoms with E-state index in [9.17, 15) is 0 Å². The van der Waals surface area contributed by atoms with Gasteiger partial charge in [-0.3, -0.25) is 4.98 Å². The van der Waals surface area contributed by atoms with E-state index in [0.717, 1.165) is 18.7 Å². The van der Waals surface area contributed by atoms with Gasteiger partial charge in [-0.25, -0.2) is 0 Å². The Morgan fingerprint density at radius 3 is 3.21 bits per heavy atom. The highest BCUT2D eigenvalue weighted by atomic mass is 35.5. The fraction of sp³-hybridized carbons (Fsp3) is 0.500. The van der Waals surface area contributed by atoms with E-state index >= 15 is 0 Å². The number of hydrogen-bond acceptors (Lipinski definition) is 3. The van der Waals surface area contributed by atoms with Crippen LogP contribution in [0.25, 0.3) is 0 Å². The molecule has 2 heterocycles. The largest absolute Gasteiger partial charge is 0.366 e. The highest BCUT2D eigenvalue weighted by Crippen LogP contribution is 2.30. The van der Waals surface area contributed by atoms with Gasteiger partial charge in [-0.2, -0.15) is 0 Å². The molecule has 3 nitrogen and oxygen atoms in total. The molecule has 1 unspecified atom stereocenters. The predicted octanol–water partition coefficient (Wildman–Crippen LogP) is 1.66. The Kier molecular flexibility index (Phi) is 2.89. The Morgan fingerprint density at radius 1 is 1.64 bits per heavy atom. The monoisotopic (exact) mass is 211 g/mol. The van der Waals surface area contributed by atoms with Crippen LogP contribution in [0.5, 0.6) is 0 Å². The SMILES string of the molecule is NCC1CCCN1c1ccncc1Cl. The fourth-order valence-electron chi connectivity index (χ4n) is 2.00. The van der Waals surface area contributed by atoms with Gasteiger partial charge in [0.05, 0.1) is 10.7 Å². The summed E-state index contributed by atoms with van der Waals surface area (Å²) in [7, 11) is 0. The Morgan fingerprint density at radius 2 is 2.50 bits per heavy atom. The van der Waals surface area contributed by atoms with Crippen LogP contribution in [0.15, 0.2) is 18.5 Å². The van der Waals surface area contributed by atoms with Crippen molar-refractivity contribution in [3.05, 3.63) is 23.5 Å². The lowest BCUT2D eigenvalue weighted by Crippen LogP contribution is -2.35. The Labute approximate surface area is 88.9 Å². The zero-order valence-corrected chi connectivity index (χ0v) is 8.74. The van der Waals surface area contributed by atoms with Gasteiger partial charge in [-0.1, -0.05) is 11.6 Å². The van der Waals surface area contributed by atoms with Crippen molar-refractivity contribution in [1.82, 2.24) is 4.98 Å². The molecule has 1 aromatic rings. The minimum atomic E-state index is 0.440. The quantitative estimate of drug-likeness (QED) is 0.809. The average Bonchev–Trinajstić information content (AvgIpc) is 2.66. The van der Waals surface area contributed by atoms with Crippen molar-refractivity contribution in [2.24, 2.45) is 5.73 Å². The standard InChI is InChI=1S/C10H14ClN3/c11-9-7-13-4-3-10(9)14-5-1-2-8(14)6-12/h3-4,7-8H,1-2,5-6,12H2. The summed E-state index contributed by atoms with van der Waals surface area (Å²) in [6.45, 7) is 1.74. The molecule has 0 spiro atoms. The molecular formula is C10H14ClN3. The molecule has 76 valence electrons. The van der Waals surface area contributed by atoms with Gasteiger partial charge >= 0.3 is 0 Å². The van der Waals surface area contributed by atoms with Crippen molar-refractivity contribution in [1.29, 1.82) is 0 Å². The minimum Gasteiger partial charge on any atom is -0.366 e.